The molecule has 1 N–H and O–H groups in total. The average molecular weight is 696 g/mol. The summed E-state index contributed by atoms with van der Waals surface area (Å²) in [4.78, 5) is 27.6. The van der Waals surface area contributed by atoms with Crippen LogP contribution in [0.1, 0.15) is 97.9 Å². The Morgan fingerprint density at radius 3 is 2.46 bits per heavy atom. The molecule has 3 fully saturated rings. The number of pyridine rings is 1. The van der Waals surface area contributed by atoms with E-state index in [4.69, 9.17) is 4.74 Å². The number of fused-ring (bicyclic) bond motifs is 1. The first-order valence-electron chi connectivity index (χ1n) is 19.4. The molecule has 3 aromatic carbocycles. The fraction of sp³-hybridized carbons (Fsp3) is 0.422. The van der Waals surface area contributed by atoms with Crippen LogP contribution in [0.5, 0.6) is 11.5 Å². The fourth-order valence-electron chi connectivity index (χ4n) is 9.39. The topological polar surface area (TPSA) is 64.7 Å². The number of piperidine rings is 1. The molecule has 2 aromatic heterocycles. The number of rotatable bonds is 10. The van der Waals surface area contributed by atoms with E-state index in [9.17, 15) is 4.79 Å². The quantitative estimate of drug-likeness (QED) is 0.147. The Morgan fingerprint density at radius 2 is 1.71 bits per heavy atom. The Balaban J connectivity index is 0.954. The molecule has 0 radical (unpaired) electrons. The molecular weight excluding hydrogens is 643 g/mol. The van der Waals surface area contributed by atoms with Crippen molar-refractivity contribution in [3.05, 3.63) is 119 Å². The molecule has 0 amide bonds. The molecule has 5 aromatic rings. The van der Waals surface area contributed by atoms with E-state index in [1.165, 1.54) is 47.9 Å². The van der Waals surface area contributed by atoms with Crippen LogP contribution in [-0.4, -0.2) is 64.3 Å². The Morgan fingerprint density at radius 1 is 0.942 bits per heavy atom. The summed E-state index contributed by atoms with van der Waals surface area (Å²) in [7, 11) is 0. The highest BCUT2D eigenvalue weighted by atomic mass is 16.5. The minimum atomic E-state index is 0.382. The first-order chi connectivity index (χ1) is 25.3. The van der Waals surface area contributed by atoms with Crippen LogP contribution in [0, 0.1) is 5.41 Å². The number of nitrogens with zero attached hydrogens (tertiary/aromatic N) is 4. The molecule has 3 aliphatic rings. The molecule has 52 heavy (non-hydrogen) atoms. The number of hydrogen-bond acceptors (Lipinski definition) is 6. The first kappa shape index (κ1) is 34.6. The van der Waals surface area contributed by atoms with Crippen molar-refractivity contribution in [1.82, 2.24) is 19.8 Å². The van der Waals surface area contributed by atoms with Gasteiger partial charge in [-0.1, -0.05) is 69.3 Å². The summed E-state index contributed by atoms with van der Waals surface area (Å²) in [5.41, 5.74) is 8.72. The average Bonchev–Trinajstić information content (AvgIpc) is 3.63. The Hall–Kier alpha value is -4.46. The highest BCUT2D eigenvalue weighted by Gasteiger charge is 2.51. The number of carbonyl (C=O) groups excluding carboxylic acids is 1. The molecule has 1 saturated carbocycles. The van der Waals surface area contributed by atoms with Gasteiger partial charge in [0.15, 0.2) is 6.29 Å². The minimum absolute atomic E-state index is 0.382. The second-order valence-electron chi connectivity index (χ2n) is 15.9. The number of ether oxygens (including phenoxy) is 1. The lowest BCUT2D eigenvalue weighted by Gasteiger charge is -2.59. The number of anilines is 1. The molecular formula is C45H53N5O2. The SMILES string of the molecule is CCc1ccc(CN2CCN(C3CC4(CCN(c5ccc(C=O)c(Oc6cnc7[nH]ccc7c6)c5)CC4)C3)C(c3ccccc3C(C)C)C2C)cc1. The van der Waals surface area contributed by atoms with Crippen molar-refractivity contribution in [3.63, 3.8) is 0 Å². The van der Waals surface area contributed by atoms with E-state index in [2.05, 4.69) is 107 Å². The number of aldehydes is 1. The van der Waals surface area contributed by atoms with E-state index in [1.54, 1.807) is 6.20 Å². The number of aromatic amines is 1. The zero-order valence-corrected chi connectivity index (χ0v) is 31.2. The van der Waals surface area contributed by atoms with Gasteiger partial charge < -0.3 is 14.6 Å². The fourth-order valence-corrected chi connectivity index (χ4v) is 9.39. The maximum atomic E-state index is 12.0. The summed E-state index contributed by atoms with van der Waals surface area (Å²) >= 11 is 0. The van der Waals surface area contributed by atoms with Crippen LogP contribution in [0.15, 0.2) is 91.3 Å². The summed E-state index contributed by atoms with van der Waals surface area (Å²) in [6.45, 7) is 14.6. The Bertz CT molecular complexity index is 2000. The molecule has 2 atom stereocenters. The van der Waals surface area contributed by atoms with Crippen LogP contribution in [0.25, 0.3) is 11.0 Å². The number of hydrogen-bond donors (Lipinski definition) is 1. The van der Waals surface area contributed by atoms with Gasteiger partial charge in [-0.15, -0.1) is 0 Å². The van der Waals surface area contributed by atoms with Gasteiger partial charge in [0.05, 0.1) is 17.8 Å². The number of aryl methyl sites for hydroxylation is 1. The molecule has 0 bridgehead atoms. The molecule has 2 unspecified atom stereocenters. The molecule has 8 rings (SSSR count). The molecule has 1 spiro atoms. The van der Waals surface area contributed by atoms with Crippen molar-refractivity contribution < 1.29 is 9.53 Å². The molecule has 2 saturated heterocycles. The van der Waals surface area contributed by atoms with Crippen LogP contribution >= 0.6 is 0 Å². The van der Waals surface area contributed by atoms with E-state index in [1.807, 2.05) is 30.5 Å². The predicted molar refractivity (Wildman–Crippen MR) is 211 cm³/mol. The van der Waals surface area contributed by atoms with Gasteiger partial charge in [-0.2, -0.15) is 0 Å². The summed E-state index contributed by atoms with van der Waals surface area (Å²) in [6, 6.07) is 29.9. The summed E-state index contributed by atoms with van der Waals surface area (Å²) in [5.74, 6) is 1.69. The van der Waals surface area contributed by atoms with Crippen LogP contribution in [0.4, 0.5) is 5.69 Å². The van der Waals surface area contributed by atoms with Crippen molar-refractivity contribution in [1.29, 1.82) is 0 Å². The highest BCUT2D eigenvalue weighted by Crippen LogP contribution is 2.54. The lowest BCUT2D eigenvalue weighted by molar-refractivity contribution is -0.0802. The highest BCUT2D eigenvalue weighted by molar-refractivity contribution is 5.81. The Labute approximate surface area is 309 Å². The van der Waals surface area contributed by atoms with Crippen molar-refractivity contribution in [2.45, 2.75) is 90.4 Å². The van der Waals surface area contributed by atoms with Crippen molar-refractivity contribution in [2.24, 2.45) is 5.41 Å². The molecule has 270 valence electrons. The van der Waals surface area contributed by atoms with Gasteiger partial charge in [0.25, 0.3) is 0 Å². The molecule has 2 aliphatic heterocycles. The van der Waals surface area contributed by atoms with Crippen molar-refractivity contribution in [3.8, 4) is 11.5 Å². The van der Waals surface area contributed by atoms with Gasteiger partial charge in [0.2, 0.25) is 0 Å². The summed E-state index contributed by atoms with van der Waals surface area (Å²) < 4.78 is 6.25. The van der Waals surface area contributed by atoms with Crippen LogP contribution in [0.3, 0.4) is 0 Å². The number of benzene rings is 3. The van der Waals surface area contributed by atoms with Gasteiger partial charge >= 0.3 is 0 Å². The number of piperazine rings is 1. The second kappa shape index (κ2) is 14.5. The zero-order chi connectivity index (χ0) is 35.8. The molecule has 4 heterocycles. The van der Waals surface area contributed by atoms with Gasteiger partial charge in [-0.3, -0.25) is 14.6 Å². The Kier molecular flexibility index (Phi) is 9.66. The van der Waals surface area contributed by atoms with E-state index in [0.717, 1.165) is 62.2 Å². The standard InChI is InChI=1S/C45H53N5O2/c1-5-33-10-12-34(13-11-33)29-49-22-23-50(43(32(49)4)41-9-7-6-8-40(41)31(2)3)38-26-45(27-38)17-20-48(21-18-45)37-15-14-36(30-51)42(25-37)52-39-24-35-16-19-46-44(35)47-28-39/h6-16,19,24-25,28,30-32,38,43H,5,17-18,20-23,26-27,29H2,1-4H3,(H,46,47). The minimum Gasteiger partial charge on any atom is -0.455 e. The lowest BCUT2D eigenvalue weighted by atomic mass is 9.59. The van der Waals surface area contributed by atoms with E-state index in [0.29, 0.717) is 46.5 Å². The van der Waals surface area contributed by atoms with Crippen LogP contribution < -0.4 is 9.64 Å². The number of H-pyrrole nitrogens is 1. The second-order valence-corrected chi connectivity index (χ2v) is 15.9. The normalized spacial score (nSPS) is 21.1. The monoisotopic (exact) mass is 695 g/mol. The smallest absolute Gasteiger partial charge is 0.153 e. The van der Waals surface area contributed by atoms with Gasteiger partial charge in [0.1, 0.15) is 17.1 Å². The molecule has 7 heteroatoms. The van der Waals surface area contributed by atoms with Crippen molar-refractivity contribution in [2.75, 3.05) is 31.1 Å². The largest absolute Gasteiger partial charge is 0.455 e. The maximum absolute atomic E-state index is 12.0. The van der Waals surface area contributed by atoms with Crippen molar-refractivity contribution >= 4 is 23.0 Å². The van der Waals surface area contributed by atoms with E-state index < -0.39 is 0 Å². The molecule has 7 nitrogen and oxygen atoms in total. The third-order valence-electron chi connectivity index (χ3n) is 12.5. The zero-order valence-electron chi connectivity index (χ0n) is 31.2. The molecule has 1 aliphatic carbocycles. The van der Waals surface area contributed by atoms with Gasteiger partial charge in [0, 0.05) is 68.1 Å². The van der Waals surface area contributed by atoms with Gasteiger partial charge in [-0.25, -0.2) is 4.98 Å². The summed E-state index contributed by atoms with van der Waals surface area (Å²) in [6.07, 6.45) is 10.5. The third-order valence-corrected chi connectivity index (χ3v) is 12.5. The van der Waals surface area contributed by atoms with Crippen LogP contribution in [0.2, 0.25) is 0 Å². The predicted octanol–water partition coefficient (Wildman–Crippen LogP) is 9.55. The number of carbonyl (C=O) groups is 1. The maximum Gasteiger partial charge on any atom is 0.153 e. The van der Waals surface area contributed by atoms with Crippen LogP contribution in [-0.2, 0) is 13.0 Å². The van der Waals surface area contributed by atoms with Gasteiger partial charge in [-0.05, 0) is 96.9 Å². The lowest BCUT2D eigenvalue weighted by Crippen LogP contribution is -2.62. The summed E-state index contributed by atoms with van der Waals surface area (Å²) in [5, 5.41) is 0.978. The third kappa shape index (κ3) is 6.77. The number of nitrogens with one attached hydrogen (secondary N) is 1. The van der Waals surface area contributed by atoms with E-state index in [-0.39, 0.29) is 0 Å². The van der Waals surface area contributed by atoms with E-state index >= 15 is 0 Å². The number of aromatic nitrogens is 2. The first-order valence-corrected chi connectivity index (χ1v) is 19.4.